The molecule has 0 aliphatic rings. The zero-order chi connectivity index (χ0) is 36.6. The van der Waals surface area contributed by atoms with Gasteiger partial charge < -0.3 is 20.1 Å². The fourth-order valence-corrected chi connectivity index (χ4v) is 6.35. The summed E-state index contributed by atoms with van der Waals surface area (Å²) in [4.78, 5) is 22.4. The van der Waals surface area contributed by atoms with E-state index < -0.39 is 19.9 Å². The van der Waals surface area contributed by atoms with E-state index in [-0.39, 0.29) is 32.8 Å². The van der Waals surface area contributed by atoms with Crippen LogP contribution in [0.1, 0.15) is 187 Å². The highest BCUT2D eigenvalue weighted by molar-refractivity contribution is 7.47. The number of hydrogen-bond donors (Lipinski definition) is 2. The van der Waals surface area contributed by atoms with Crippen molar-refractivity contribution < 1.29 is 32.8 Å². The lowest BCUT2D eigenvalue weighted by Gasteiger charge is -2.19. The third-order valence-corrected chi connectivity index (χ3v) is 9.61. The zero-order valence-corrected chi connectivity index (χ0v) is 33.3. The molecule has 0 saturated carbocycles. The smallest absolute Gasteiger partial charge is 0.472 e. The Morgan fingerprint density at radius 1 is 0.620 bits per heavy atom. The molecule has 0 aromatic carbocycles. The molecule has 0 aliphatic carbocycles. The van der Waals surface area contributed by atoms with Crippen molar-refractivity contribution in [3.8, 4) is 0 Å². The second-order valence-corrected chi connectivity index (χ2v) is 15.0. The average Bonchev–Trinajstić information content (AvgIpc) is 3.10. The summed E-state index contributed by atoms with van der Waals surface area (Å²) in [7, 11) is -4.30. The van der Waals surface area contributed by atoms with Crippen LogP contribution >= 0.6 is 7.82 Å². The lowest BCUT2D eigenvalue weighted by atomic mass is 10.0. The van der Waals surface area contributed by atoms with Crippen LogP contribution in [0.15, 0.2) is 36.6 Å². The van der Waals surface area contributed by atoms with Gasteiger partial charge in [0.1, 0.15) is 6.61 Å². The third-order valence-electron chi connectivity index (χ3n) is 8.62. The summed E-state index contributed by atoms with van der Waals surface area (Å²) >= 11 is 0. The summed E-state index contributed by atoms with van der Waals surface area (Å²) in [5.74, 6) is -0.396. The summed E-state index contributed by atoms with van der Waals surface area (Å²) in [6, 6.07) is 0. The van der Waals surface area contributed by atoms with Crippen LogP contribution in [0.2, 0.25) is 0 Å². The Morgan fingerprint density at radius 3 is 1.58 bits per heavy atom. The predicted molar refractivity (Wildman–Crippen MR) is 210 cm³/mol. The van der Waals surface area contributed by atoms with Crippen molar-refractivity contribution in [1.29, 1.82) is 0 Å². The molecule has 0 aliphatic heterocycles. The van der Waals surface area contributed by atoms with Crippen molar-refractivity contribution in [3.63, 3.8) is 0 Å². The molecule has 294 valence electrons. The maximum absolute atomic E-state index is 12.5. The van der Waals surface area contributed by atoms with Crippen molar-refractivity contribution in [1.82, 2.24) is 0 Å². The number of esters is 1. The van der Waals surface area contributed by atoms with Crippen molar-refractivity contribution in [3.05, 3.63) is 36.6 Å². The van der Waals surface area contributed by atoms with Gasteiger partial charge in [0, 0.05) is 13.0 Å². The Balaban J connectivity index is 4.17. The largest absolute Gasteiger partial charge is 0.498 e. The van der Waals surface area contributed by atoms with E-state index in [1.54, 1.807) is 6.26 Å². The second-order valence-electron chi connectivity index (χ2n) is 13.6. The number of carbonyl (C=O) groups is 1. The number of allylic oxidation sites excluding steroid dienone is 5. The molecule has 3 N–H and O–H groups in total. The molecule has 0 amide bonds. The molecule has 0 radical (unpaired) electrons. The summed E-state index contributed by atoms with van der Waals surface area (Å²) in [6.07, 6.45) is 44.0. The van der Waals surface area contributed by atoms with E-state index in [0.29, 0.717) is 6.42 Å². The Bertz CT molecular complexity index is 864. The predicted octanol–water partition coefficient (Wildman–Crippen LogP) is 12.2. The van der Waals surface area contributed by atoms with Gasteiger partial charge in [-0.3, -0.25) is 13.8 Å². The number of rotatable bonds is 39. The summed E-state index contributed by atoms with van der Waals surface area (Å²) in [6.45, 7) is 4.20. The highest BCUT2D eigenvalue weighted by Crippen LogP contribution is 2.43. The number of phosphoric acid groups is 1. The van der Waals surface area contributed by atoms with E-state index in [4.69, 9.17) is 24.3 Å². The minimum atomic E-state index is -4.30. The van der Waals surface area contributed by atoms with E-state index in [0.717, 1.165) is 32.1 Å². The minimum absolute atomic E-state index is 0.0167. The van der Waals surface area contributed by atoms with Gasteiger partial charge in [0.15, 0.2) is 6.10 Å². The molecule has 0 aromatic heterocycles. The van der Waals surface area contributed by atoms with Crippen LogP contribution in [-0.4, -0.2) is 43.3 Å². The van der Waals surface area contributed by atoms with Crippen LogP contribution in [0.5, 0.6) is 0 Å². The van der Waals surface area contributed by atoms with E-state index in [2.05, 4.69) is 38.2 Å². The SMILES string of the molecule is CCCCCCCCCCC/C=C/C/C=C/CCCC(=O)O[C@H](CO/C=C/CCCCCCCCCCCCCC)COP(=O)(O)OCCN. The van der Waals surface area contributed by atoms with Crippen LogP contribution in [0, 0.1) is 0 Å². The lowest BCUT2D eigenvalue weighted by molar-refractivity contribution is -0.153. The maximum atomic E-state index is 12.5. The molecule has 0 aromatic rings. The Kier molecular flexibility index (Phi) is 37.7. The molecule has 1 unspecified atom stereocenters. The van der Waals surface area contributed by atoms with Crippen LogP contribution in [0.3, 0.4) is 0 Å². The number of unbranched alkanes of at least 4 members (excludes halogenated alkanes) is 22. The summed E-state index contributed by atoms with van der Waals surface area (Å²) in [5, 5.41) is 0. The van der Waals surface area contributed by atoms with Crippen LogP contribution < -0.4 is 5.73 Å². The van der Waals surface area contributed by atoms with Gasteiger partial charge in [-0.15, -0.1) is 0 Å². The topological polar surface area (TPSA) is 117 Å². The fourth-order valence-electron chi connectivity index (χ4n) is 5.59. The van der Waals surface area contributed by atoms with Gasteiger partial charge in [0.25, 0.3) is 0 Å². The number of phosphoric ester groups is 1. The second kappa shape index (κ2) is 38.8. The molecule has 0 spiro atoms. The first-order chi connectivity index (χ1) is 24.4. The Labute approximate surface area is 308 Å². The van der Waals surface area contributed by atoms with Gasteiger partial charge >= 0.3 is 13.8 Å². The molecular formula is C41H78NO7P. The molecule has 50 heavy (non-hydrogen) atoms. The monoisotopic (exact) mass is 728 g/mol. The van der Waals surface area contributed by atoms with E-state index in [9.17, 15) is 14.3 Å². The van der Waals surface area contributed by atoms with Gasteiger partial charge in [-0.1, -0.05) is 160 Å². The Hall–Kier alpha value is -1.44. The van der Waals surface area contributed by atoms with Crippen LogP contribution in [-0.2, 0) is 27.9 Å². The molecule has 8 nitrogen and oxygen atoms in total. The van der Waals surface area contributed by atoms with Crippen molar-refractivity contribution in [2.24, 2.45) is 5.73 Å². The lowest BCUT2D eigenvalue weighted by Crippen LogP contribution is -2.27. The van der Waals surface area contributed by atoms with Crippen molar-refractivity contribution in [2.75, 3.05) is 26.4 Å². The molecule has 0 fully saturated rings. The molecule has 0 saturated heterocycles. The molecule has 0 heterocycles. The molecule has 2 atom stereocenters. The van der Waals surface area contributed by atoms with Crippen molar-refractivity contribution >= 4 is 13.8 Å². The van der Waals surface area contributed by atoms with Crippen molar-refractivity contribution in [2.45, 2.75) is 193 Å². The fraction of sp³-hybridized carbons (Fsp3) is 0.829. The third kappa shape index (κ3) is 37.8. The highest BCUT2D eigenvalue weighted by Gasteiger charge is 2.25. The first-order valence-electron chi connectivity index (χ1n) is 20.5. The van der Waals surface area contributed by atoms with Gasteiger partial charge in [-0.2, -0.15) is 0 Å². The summed E-state index contributed by atoms with van der Waals surface area (Å²) in [5.41, 5.74) is 5.35. The van der Waals surface area contributed by atoms with Gasteiger partial charge in [-0.25, -0.2) is 4.57 Å². The van der Waals surface area contributed by atoms with Crippen LogP contribution in [0.25, 0.3) is 0 Å². The average molecular weight is 728 g/mol. The number of nitrogens with two attached hydrogens (primary N) is 1. The number of hydrogen-bond acceptors (Lipinski definition) is 7. The molecule has 9 heteroatoms. The summed E-state index contributed by atoms with van der Waals surface area (Å²) < 4.78 is 33.1. The van der Waals surface area contributed by atoms with Gasteiger partial charge in [0.2, 0.25) is 0 Å². The zero-order valence-electron chi connectivity index (χ0n) is 32.4. The first kappa shape index (κ1) is 48.6. The first-order valence-corrected chi connectivity index (χ1v) is 22.0. The number of carbonyl (C=O) groups excluding carboxylic acids is 1. The quantitative estimate of drug-likeness (QED) is 0.0211. The molecular weight excluding hydrogens is 649 g/mol. The van der Waals surface area contributed by atoms with E-state index in [1.165, 1.54) is 128 Å². The Morgan fingerprint density at radius 2 is 1.08 bits per heavy atom. The van der Waals surface area contributed by atoms with E-state index in [1.807, 2.05) is 6.08 Å². The van der Waals surface area contributed by atoms with E-state index >= 15 is 0 Å². The maximum Gasteiger partial charge on any atom is 0.472 e. The molecule has 0 bridgehead atoms. The van der Waals surface area contributed by atoms with Crippen LogP contribution in [0.4, 0.5) is 0 Å². The van der Waals surface area contributed by atoms with Gasteiger partial charge in [0.05, 0.1) is 19.5 Å². The highest BCUT2D eigenvalue weighted by atomic mass is 31.2. The normalized spacial score (nSPS) is 13.8. The standard InChI is InChI=1S/C41H78NO7P/c1-3-5-7-9-11-13-15-17-19-20-21-22-24-26-28-30-32-34-41(43)49-40(39-48-50(44,45)47-37-35-42)38-46-36-33-31-29-27-25-23-18-16-14-12-10-8-6-4-2/h21-22,26,28,33,36,40H,3-20,23-25,27,29-32,34-35,37-39,42H2,1-2H3,(H,44,45)/b22-21+,28-26+,36-33+/t40-/m1/s1. The molecule has 0 rings (SSSR count). The minimum Gasteiger partial charge on any atom is -0.498 e. The van der Waals surface area contributed by atoms with Gasteiger partial charge in [-0.05, 0) is 51.0 Å². The number of ether oxygens (including phenoxy) is 2.